The zero-order valence-corrected chi connectivity index (χ0v) is 11.8. The number of ether oxygens (including phenoxy) is 3. The van der Waals surface area contributed by atoms with E-state index in [-0.39, 0.29) is 6.23 Å². The largest absolute Gasteiger partial charge is 0.493 e. The van der Waals surface area contributed by atoms with Crippen LogP contribution in [0.15, 0.2) is 36.4 Å². The van der Waals surface area contributed by atoms with Gasteiger partial charge in [0.1, 0.15) is 5.75 Å². The maximum absolute atomic E-state index is 5.94. The third-order valence-corrected chi connectivity index (χ3v) is 3.38. The quantitative estimate of drug-likeness (QED) is 0.927. The van der Waals surface area contributed by atoms with Crippen LogP contribution < -0.4 is 19.5 Å². The maximum atomic E-state index is 5.94. The first-order valence-corrected chi connectivity index (χ1v) is 6.47. The Morgan fingerprint density at radius 2 is 1.80 bits per heavy atom. The Balaban J connectivity index is 1.89. The van der Waals surface area contributed by atoms with Crippen molar-refractivity contribution >= 4 is 5.69 Å². The summed E-state index contributed by atoms with van der Waals surface area (Å²) in [5.41, 5.74) is 3.19. The van der Waals surface area contributed by atoms with Crippen LogP contribution in [0, 0.1) is 6.92 Å². The first-order valence-electron chi connectivity index (χ1n) is 6.47. The lowest BCUT2D eigenvalue weighted by Crippen LogP contribution is -2.10. The second-order valence-electron chi connectivity index (χ2n) is 4.76. The zero-order valence-electron chi connectivity index (χ0n) is 11.8. The number of benzene rings is 2. The Bertz CT molecular complexity index is 640. The molecule has 0 fully saturated rings. The molecule has 2 aromatic rings. The van der Waals surface area contributed by atoms with Crippen LogP contribution in [0.2, 0.25) is 0 Å². The van der Waals surface area contributed by atoms with Crippen LogP contribution in [0.25, 0.3) is 0 Å². The van der Waals surface area contributed by atoms with E-state index in [2.05, 4.69) is 11.4 Å². The van der Waals surface area contributed by atoms with Crippen LogP contribution in [0.1, 0.15) is 17.4 Å². The zero-order chi connectivity index (χ0) is 14.1. The monoisotopic (exact) mass is 271 g/mol. The van der Waals surface area contributed by atoms with Gasteiger partial charge in [0.25, 0.3) is 0 Å². The van der Waals surface area contributed by atoms with Crippen molar-refractivity contribution < 1.29 is 14.2 Å². The van der Waals surface area contributed by atoms with Crippen LogP contribution in [-0.2, 0) is 0 Å². The average Bonchev–Trinajstić information content (AvgIpc) is 2.89. The van der Waals surface area contributed by atoms with E-state index < -0.39 is 0 Å². The van der Waals surface area contributed by atoms with E-state index in [0.29, 0.717) is 11.5 Å². The lowest BCUT2D eigenvalue weighted by Gasteiger charge is -2.14. The van der Waals surface area contributed by atoms with Crippen LogP contribution >= 0.6 is 0 Å². The Hall–Kier alpha value is -2.36. The summed E-state index contributed by atoms with van der Waals surface area (Å²) >= 11 is 0. The van der Waals surface area contributed by atoms with Gasteiger partial charge < -0.3 is 19.5 Å². The number of anilines is 1. The molecule has 20 heavy (non-hydrogen) atoms. The van der Waals surface area contributed by atoms with Gasteiger partial charge in [0, 0.05) is 5.56 Å². The highest BCUT2D eigenvalue weighted by Crippen LogP contribution is 2.40. The molecule has 0 radical (unpaired) electrons. The molecule has 1 aliphatic heterocycles. The van der Waals surface area contributed by atoms with E-state index in [9.17, 15) is 0 Å². The third-order valence-electron chi connectivity index (χ3n) is 3.38. The van der Waals surface area contributed by atoms with Gasteiger partial charge in [0.2, 0.25) is 0 Å². The normalized spacial score (nSPS) is 16.1. The van der Waals surface area contributed by atoms with Gasteiger partial charge in [0.15, 0.2) is 17.7 Å². The van der Waals surface area contributed by atoms with Crippen molar-refractivity contribution in [2.24, 2.45) is 0 Å². The summed E-state index contributed by atoms with van der Waals surface area (Å²) in [4.78, 5) is 0. The number of nitrogens with one attached hydrogen (secondary N) is 1. The second kappa shape index (κ2) is 4.96. The molecule has 0 saturated heterocycles. The molecule has 4 heteroatoms. The molecule has 0 saturated carbocycles. The van der Waals surface area contributed by atoms with Crippen LogP contribution in [-0.4, -0.2) is 14.2 Å². The summed E-state index contributed by atoms with van der Waals surface area (Å²) in [7, 11) is 3.25. The highest BCUT2D eigenvalue weighted by Gasteiger charge is 2.24. The van der Waals surface area contributed by atoms with Gasteiger partial charge in [0.05, 0.1) is 19.9 Å². The molecule has 1 N–H and O–H groups in total. The molecule has 0 aromatic heterocycles. The van der Waals surface area contributed by atoms with Gasteiger partial charge >= 0.3 is 0 Å². The summed E-state index contributed by atoms with van der Waals surface area (Å²) in [5, 5.41) is 3.35. The van der Waals surface area contributed by atoms with Crippen LogP contribution in [0.3, 0.4) is 0 Å². The van der Waals surface area contributed by atoms with Gasteiger partial charge in [-0.25, -0.2) is 0 Å². The minimum absolute atomic E-state index is 0.202. The summed E-state index contributed by atoms with van der Waals surface area (Å²) in [5.74, 6) is 2.29. The highest BCUT2D eigenvalue weighted by molar-refractivity contribution is 5.62. The van der Waals surface area contributed by atoms with Crippen molar-refractivity contribution in [3.8, 4) is 17.2 Å². The van der Waals surface area contributed by atoms with Gasteiger partial charge in [-0.15, -0.1) is 0 Å². The Morgan fingerprint density at radius 3 is 2.55 bits per heavy atom. The smallest absolute Gasteiger partial charge is 0.196 e. The number of hydrogen-bond acceptors (Lipinski definition) is 4. The highest BCUT2D eigenvalue weighted by atomic mass is 16.5. The number of fused-ring (bicyclic) bond motifs is 1. The molecule has 1 atom stereocenters. The van der Waals surface area contributed by atoms with Gasteiger partial charge in [-0.05, 0) is 42.8 Å². The number of hydrogen-bond donors (Lipinski definition) is 1. The number of aryl methyl sites for hydroxylation is 1. The molecule has 0 spiro atoms. The molecular weight excluding hydrogens is 254 g/mol. The molecular formula is C16H17NO3. The third kappa shape index (κ3) is 2.13. The molecule has 1 heterocycles. The molecule has 1 aliphatic rings. The van der Waals surface area contributed by atoms with Gasteiger partial charge in [-0.1, -0.05) is 6.07 Å². The average molecular weight is 271 g/mol. The topological polar surface area (TPSA) is 39.7 Å². The van der Waals surface area contributed by atoms with Crippen LogP contribution in [0.5, 0.6) is 17.2 Å². The summed E-state index contributed by atoms with van der Waals surface area (Å²) < 4.78 is 16.5. The van der Waals surface area contributed by atoms with E-state index in [1.165, 1.54) is 5.56 Å². The lowest BCUT2D eigenvalue weighted by molar-refractivity contribution is 0.258. The van der Waals surface area contributed by atoms with Crippen molar-refractivity contribution in [2.75, 3.05) is 19.5 Å². The molecule has 2 aromatic carbocycles. The number of methoxy groups -OCH3 is 2. The molecule has 1 unspecified atom stereocenters. The standard InChI is InChI=1S/C16H17NO3/c1-10-4-6-12-14(8-10)20-16(17-12)11-5-7-13(18-2)15(9-11)19-3/h4-9,16-17H,1-3H3. The van der Waals surface area contributed by atoms with E-state index in [1.807, 2.05) is 37.3 Å². The minimum Gasteiger partial charge on any atom is -0.493 e. The van der Waals surface area contributed by atoms with Crippen molar-refractivity contribution in [3.05, 3.63) is 47.5 Å². The fourth-order valence-corrected chi connectivity index (χ4v) is 2.31. The van der Waals surface area contributed by atoms with Gasteiger partial charge in [-0.2, -0.15) is 0 Å². The Morgan fingerprint density at radius 1 is 1.00 bits per heavy atom. The van der Waals surface area contributed by atoms with Crippen molar-refractivity contribution in [1.82, 2.24) is 0 Å². The first kappa shape index (κ1) is 12.7. The van der Waals surface area contributed by atoms with Crippen molar-refractivity contribution in [2.45, 2.75) is 13.2 Å². The predicted molar refractivity (Wildman–Crippen MR) is 77.7 cm³/mol. The summed E-state index contributed by atoms with van der Waals surface area (Å²) in [6, 6.07) is 11.9. The fraction of sp³-hybridized carbons (Fsp3) is 0.250. The van der Waals surface area contributed by atoms with Crippen molar-refractivity contribution in [3.63, 3.8) is 0 Å². The molecule has 3 rings (SSSR count). The van der Waals surface area contributed by atoms with E-state index in [0.717, 1.165) is 17.0 Å². The predicted octanol–water partition coefficient (Wildman–Crippen LogP) is 3.52. The minimum atomic E-state index is -0.202. The van der Waals surface area contributed by atoms with Crippen molar-refractivity contribution in [1.29, 1.82) is 0 Å². The fourth-order valence-electron chi connectivity index (χ4n) is 2.31. The Labute approximate surface area is 118 Å². The molecule has 4 nitrogen and oxygen atoms in total. The molecule has 104 valence electrons. The van der Waals surface area contributed by atoms with Crippen LogP contribution in [0.4, 0.5) is 5.69 Å². The molecule has 0 aliphatic carbocycles. The van der Waals surface area contributed by atoms with E-state index in [4.69, 9.17) is 14.2 Å². The number of rotatable bonds is 3. The van der Waals surface area contributed by atoms with E-state index in [1.54, 1.807) is 14.2 Å². The molecule has 0 bridgehead atoms. The second-order valence-corrected chi connectivity index (χ2v) is 4.76. The molecule has 0 amide bonds. The SMILES string of the molecule is COc1ccc(C2Nc3ccc(C)cc3O2)cc1OC. The summed E-state index contributed by atoms with van der Waals surface area (Å²) in [6.07, 6.45) is -0.202. The maximum Gasteiger partial charge on any atom is 0.196 e. The van der Waals surface area contributed by atoms with Gasteiger partial charge in [-0.3, -0.25) is 0 Å². The summed E-state index contributed by atoms with van der Waals surface area (Å²) in [6.45, 7) is 2.05. The van der Waals surface area contributed by atoms with E-state index >= 15 is 0 Å². The lowest BCUT2D eigenvalue weighted by atomic mass is 10.1. The Kier molecular flexibility index (Phi) is 3.14. The first-order chi connectivity index (χ1) is 9.71.